The number of tetrazole rings is 1. The van der Waals surface area contributed by atoms with Crippen molar-refractivity contribution in [3.8, 4) is 22.5 Å². The number of anilines is 2. The highest BCUT2D eigenvalue weighted by Gasteiger charge is 2.15. The molecule has 0 bridgehead atoms. The molecule has 3 heterocycles. The molecule has 5 aromatic rings. The van der Waals surface area contributed by atoms with Gasteiger partial charge in [-0.05, 0) is 40.1 Å². The average Bonchev–Trinajstić information content (AvgIpc) is 3.50. The van der Waals surface area contributed by atoms with E-state index in [0.717, 1.165) is 45.8 Å². The molecule has 8 nitrogen and oxygen atoms in total. The van der Waals surface area contributed by atoms with E-state index in [1.165, 1.54) is 0 Å². The number of aryl methyl sites for hydroxylation is 1. The summed E-state index contributed by atoms with van der Waals surface area (Å²) in [6.45, 7) is 2.13. The van der Waals surface area contributed by atoms with Crippen LogP contribution in [-0.4, -0.2) is 42.3 Å². The molecule has 0 aliphatic carbocycles. The molecule has 0 unspecified atom stereocenters. The highest BCUT2D eigenvalue weighted by Crippen LogP contribution is 2.33. The molecular weight excluding hydrogens is 376 g/mol. The highest BCUT2D eigenvalue weighted by molar-refractivity contribution is 5.81. The van der Waals surface area contributed by atoms with E-state index in [0.29, 0.717) is 5.82 Å². The van der Waals surface area contributed by atoms with Gasteiger partial charge in [-0.3, -0.25) is 0 Å². The van der Waals surface area contributed by atoms with Gasteiger partial charge in [-0.15, -0.1) is 5.10 Å². The van der Waals surface area contributed by atoms with E-state index in [1.807, 2.05) is 35.0 Å². The Morgan fingerprint density at radius 1 is 1.00 bits per heavy atom. The molecule has 148 valence electrons. The quantitative estimate of drug-likeness (QED) is 0.485. The van der Waals surface area contributed by atoms with Crippen LogP contribution in [0.15, 0.2) is 67.0 Å². The number of aromatic nitrogens is 7. The van der Waals surface area contributed by atoms with E-state index in [-0.39, 0.29) is 0 Å². The van der Waals surface area contributed by atoms with Crippen molar-refractivity contribution in [2.24, 2.45) is 0 Å². The van der Waals surface area contributed by atoms with E-state index in [1.54, 1.807) is 6.20 Å². The molecule has 2 aromatic carbocycles. The zero-order valence-electron chi connectivity index (χ0n) is 16.7. The van der Waals surface area contributed by atoms with Crippen LogP contribution < -0.4 is 4.90 Å². The smallest absolute Gasteiger partial charge is 0.180 e. The molecule has 8 heteroatoms. The van der Waals surface area contributed by atoms with Crippen LogP contribution >= 0.6 is 0 Å². The minimum Gasteiger partial charge on any atom is -0.329 e. The lowest BCUT2D eigenvalue weighted by Gasteiger charge is -2.23. The predicted molar refractivity (Wildman–Crippen MR) is 115 cm³/mol. The average molecular weight is 396 g/mol. The second kappa shape index (κ2) is 7.40. The van der Waals surface area contributed by atoms with Gasteiger partial charge in [-0.2, -0.15) is 9.61 Å². The molecule has 30 heavy (non-hydrogen) atoms. The molecule has 3 aromatic heterocycles. The Morgan fingerprint density at radius 2 is 1.80 bits per heavy atom. The molecule has 1 N–H and O–H groups in total. The van der Waals surface area contributed by atoms with Crippen molar-refractivity contribution < 1.29 is 0 Å². The van der Waals surface area contributed by atoms with E-state index >= 15 is 0 Å². The Morgan fingerprint density at radius 3 is 2.53 bits per heavy atom. The summed E-state index contributed by atoms with van der Waals surface area (Å²) >= 11 is 0. The third kappa shape index (κ3) is 2.98. The first kappa shape index (κ1) is 18.0. The lowest BCUT2D eigenvalue weighted by atomic mass is 9.99. The topological polar surface area (TPSA) is 87.9 Å². The maximum Gasteiger partial charge on any atom is 0.180 e. The Kier molecular flexibility index (Phi) is 4.44. The first-order valence-electron chi connectivity index (χ1n) is 9.75. The molecule has 0 radical (unpaired) electrons. The summed E-state index contributed by atoms with van der Waals surface area (Å²) < 4.78 is 1.89. The van der Waals surface area contributed by atoms with Gasteiger partial charge in [0.05, 0.1) is 6.20 Å². The van der Waals surface area contributed by atoms with Gasteiger partial charge in [0, 0.05) is 36.1 Å². The highest BCUT2D eigenvalue weighted by atomic mass is 15.5. The van der Waals surface area contributed by atoms with Gasteiger partial charge in [-0.25, -0.2) is 10.1 Å². The molecule has 0 fully saturated rings. The number of nitrogens with zero attached hydrogens (tertiary/aromatic N) is 7. The normalized spacial score (nSPS) is 11.1. The van der Waals surface area contributed by atoms with E-state index in [9.17, 15) is 0 Å². The molecule has 5 rings (SSSR count). The largest absolute Gasteiger partial charge is 0.329 e. The van der Waals surface area contributed by atoms with Crippen molar-refractivity contribution in [2.75, 3.05) is 11.9 Å². The Hall–Kier alpha value is -4.07. The number of nitrogens with one attached hydrogen (secondary N) is 1. The number of fused-ring (bicyclic) bond motifs is 1. The third-order valence-corrected chi connectivity index (χ3v) is 5.25. The van der Waals surface area contributed by atoms with Gasteiger partial charge in [-0.1, -0.05) is 43.3 Å². The van der Waals surface area contributed by atoms with Crippen molar-refractivity contribution in [3.63, 3.8) is 0 Å². The van der Waals surface area contributed by atoms with Gasteiger partial charge in [0.1, 0.15) is 5.82 Å². The molecular formula is C22H20N8. The molecule has 0 saturated heterocycles. The van der Waals surface area contributed by atoms with Crippen LogP contribution in [0.2, 0.25) is 0 Å². The predicted octanol–water partition coefficient (Wildman–Crippen LogP) is 3.91. The minimum absolute atomic E-state index is 0.650. The second-order valence-corrected chi connectivity index (χ2v) is 6.96. The van der Waals surface area contributed by atoms with Gasteiger partial charge < -0.3 is 4.90 Å². The van der Waals surface area contributed by atoms with Gasteiger partial charge in [0.2, 0.25) is 0 Å². The molecule has 0 aliphatic rings. The van der Waals surface area contributed by atoms with Crippen LogP contribution in [0.3, 0.4) is 0 Å². The Labute approximate surface area is 173 Å². The molecule has 0 atom stereocenters. The van der Waals surface area contributed by atoms with Gasteiger partial charge in [0.15, 0.2) is 11.5 Å². The number of aromatic amines is 1. The maximum atomic E-state index is 4.49. The summed E-state index contributed by atoms with van der Waals surface area (Å²) in [6, 6.07) is 18.4. The first-order chi connectivity index (χ1) is 14.8. The van der Waals surface area contributed by atoms with Crippen LogP contribution in [-0.2, 0) is 6.42 Å². The number of benzene rings is 2. The fourth-order valence-corrected chi connectivity index (χ4v) is 3.70. The number of hydrogen-bond acceptors (Lipinski definition) is 6. The molecule has 0 amide bonds. The fraction of sp³-hybridized carbons (Fsp3) is 0.136. The summed E-state index contributed by atoms with van der Waals surface area (Å²) in [5, 5.41) is 18.8. The minimum atomic E-state index is 0.650. The van der Waals surface area contributed by atoms with E-state index in [4.69, 9.17) is 0 Å². The zero-order valence-corrected chi connectivity index (χ0v) is 16.7. The molecule has 0 spiro atoms. The summed E-state index contributed by atoms with van der Waals surface area (Å²) in [4.78, 5) is 6.64. The molecule has 0 saturated carbocycles. The summed E-state index contributed by atoms with van der Waals surface area (Å²) in [7, 11) is 2.05. The van der Waals surface area contributed by atoms with E-state index in [2.05, 4.69) is 79.9 Å². The number of H-pyrrole nitrogens is 1. The Balaban J connectivity index is 1.54. The van der Waals surface area contributed by atoms with Crippen molar-refractivity contribution in [1.29, 1.82) is 0 Å². The maximum absolute atomic E-state index is 4.49. The van der Waals surface area contributed by atoms with Gasteiger partial charge in [0.25, 0.3) is 0 Å². The second-order valence-electron chi connectivity index (χ2n) is 6.96. The van der Waals surface area contributed by atoms with Crippen molar-refractivity contribution in [1.82, 2.24) is 35.2 Å². The third-order valence-electron chi connectivity index (χ3n) is 5.25. The summed E-state index contributed by atoms with van der Waals surface area (Å²) in [5.41, 5.74) is 6.16. The standard InChI is InChI=1S/C22H20N8/c1-3-15-14-23-20-12-13-24-30(20)22(15)29(2)17-10-8-16(9-11-17)18-6-4-5-7-19(18)21-25-27-28-26-21/h4-14H,3H2,1-2H3,(H,25,26,27,28). The van der Waals surface area contributed by atoms with Gasteiger partial charge >= 0.3 is 0 Å². The monoisotopic (exact) mass is 396 g/mol. The van der Waals surface area contributed by atoms with Crippen LogP contribution in [0.5, 0.6) is 0 Å². The van der Waals surface area contributed by atoms with Crippen molar-refractivity contribution in [2.45, 2.75) is 13.3 Å². The zero-order chi connectivity index (χ0) is 20.5. The lowest BCUT2D eigenvalue weighted by molar-refractivity contribution is 0.881. The van der Waals surface area contributed by atoms with Crippen LogP contribution in [0.1, 0.15) is 12.5 Å². The van der Waals surface area contributed by atoms with Crippen LogP contribution in [0.4, 0.5) is 11.5 Å². The van der Waals surface area contributed by atoms with Crippen LogP contribution in [0, 0.1) is 0 Å². The SMILES string of the molecule is CCc1cnc2ccnn2c1N(C)c1ccc(-c2ccccc2-c2nnn[nH]2)cc1. The summed E-state index contributed by atoms with van der Waals surface area (Å²) in [6.07, 6.45) is 4.58. The van der Waals surface area contributed by atoms with E-state index < -0.39 is 0 Å². The fourth-order valence-electron chi connectivity index (χ4n) is 3.70. The number of rotatable bonds is 5. The lowest BCUT2D eigenvalue weighted by Crippen LogP contribution is -2.16. The van der Waals surface area contributed by atoms with Crippen LogP contribution in [0.25, 0.3) is 28.2 Å². The molecule has 0 aliphatic heterocycles. The van der Waals surface area contributed by atoms with Crippen molar-refractivity contribution >= 4 is 17.2 Å². The Bertz CT molecular complexity index is 1290. The summed E-state index contributed by atoms with van der Waals surface area (Å²) in [5.74, 6) is 1.67. The number of hydrogen-bond donors (Lipinski definition) is 1. The van der Waals surface area contributed by atoms with Crippen molar-refractivity contribution in [3.05, 3.63) is 72.6 Å². The first-order valence-corrected chi connectivity index (χ1v) is 9.75.